The van der Waals surface area contributed by atoms with Crippen LogP contribution in [0.15, 0.2) is 41.6 Å². The van der Waals surface area contributed by atoms with Crippen molar-refractivity contribution in [2.24, 2.45) is 0 Å². The van der Waals surface area contributed by atoms with Crippen molar-refractivity contribution in [2.45, 2.75) is 37.5 Å². The van der Waals surface area contributed by atoms with Crippen molar-refractivity contribution in [1.82, 2.24) is 4.90 Å². The number of ketones is 1. The first-order valence-electron chi connectivity index (χ1n) is 7.68. The van der Waals surface area contributed by atoms with E-state index < -0.39 is 29.0 Å². The van der Waals surface area contributed by atoms with E-state index >= 15 is 0 Å². The van der Waals surface area contributed by atoms with Crippen LogP contribution in [-0.2, 0) is 16.0 Å². The van der Waals surface area contributed by atoms with E-state index in [1.807, 2.05) is 6.07 Å². The van der Waals surface area contributed by atoms with Gasteiger partial charge >= 0.3 is 6.18 Å². The lowest BCUT2D eigenvalue weighted by Gasteiger charge is -2.27. The van der Waals surface area contributed by atoms with Crippen molar-refractivity contribution >= 4 is 11.7 Å². The van der Waals surface area contributed by atoms with Crippen LogP contribution in [0.25, 0.3) is 0 Å². The molecule has 1 aromatic carbocycles. The fourth-order valence-electron chi connectivity index (χ4n) is 3.32. The van der Waals surface area contributed by atoms with Gasteiger partial charge in [-0.2, -0.15) is 13.2 Å². The molecule has 1 unspecified atom stereocenters. The summed E-state index contributed by atoms with van der Waals surface area (Å²) in [5, 5.41) is 10.1. The lowest BCUT2D eigenvalue weighted by Crippen LogP contribution is -2.55. The summed E-state index contributed by atoms with van der Waals surface area (Å²) in [4.78, 5) is 25.3. The van der Waals surface area contributed by atoms with E-state index in [1.165, 1.54) is 0 Å². The first-order valence-corrected chi connectivity index (χ1v) is 7.68. The van der Waals surface area contributed by atoms with E-state index in [0.29, 0.717) is 12.8 Å². The maximum atomic E-state index is 13.4. The smallest absolute Gasteiger partial charge is 0.368 e. The van der Waals surface area contributed by atoms with Crippen LogP contribution >= 0.6 is 0 Å². The van der Waals surface area contributed by atoms with Gasteiger partial charge in [0.1, 0.15) is 0 Å². The van der Waals surface area contributed by atoms with Crippen molar-refractivity contribution in [3.8, 4) is 0 Å². The van der Waals surface area contributed by atoms with Gasteiger partial charge in [0.05, 0.1) is 5.57 Å². The van der Waals surface area contributed by atoms with Crippen molar-refractivity contribution in [3.05, 3.63) is 47.2 Å². The second kappa shape index (κ2) is 5.73. The first-order chi connectivity index (χ1) is 11.3. The third-order valence-corrected chi connectivity index (χ3v) is 4.50. The van der Waals surface area contributed by atoms with Crippen LogP contribution in [0.4, 0.5) is 13.2 Å². The molecule has 0 saturated heterocycles. The molecule has 4 nitrogen and oxygen atoms in total. The number of carbonyl (C=O) groups excluding carboxylic acids is 2. The molecule has 0 radical (unpaired) electrons. The summed E-state index contributed by atoms with van der Waals surface area (Å²) in [6.07, 6.45) is -4.41. The Kier molecular flexibility index (Phi) is 3.99. The Hall–Kier alpha value is -2.15. The molecule has 2 aliphatic rings. The Bertz CT molecular complexity index is 712. The van der Waals surface area contributed by atoms with Crippen molar-refractivity contribution in [2.75, 3.05) is 6.54 Å². The van der Waals surface area contributed by atoms with Crippen LogP contribution in [-0.4, -0.2) is 40.0 Å². The minimum absolute atomic E-state index is 0.00660. The lowest BCUT2D eigenvalue weighted by molar-refractivity contribution is -0.238. The van der Waals surface area contributed by atoms with Gasteiger partial charge in [-0.1, -0.05) is 30.3 Å². The van der Waals surface area contributed by atoms with E-state index in [-0.39, 0.29) is 25.1 Å². The molecule has 1 aliphatic carbocycles. The normalized spacial score (nSPS) is 24.6. The number of carbonyl (C=O) groups is 2. The Morgan fingerprint density at radius 3 is 2.42 bits per heavy atom. The second-order valence-corrected chi connectivity index (χ2v) is 6.00. The topological polar surface area (TPSA) is 57.6 Å². The van der Waals surface area contributed by atoms with Crippen molar-refractivity contribution in [1.29, 1.82) is 0 Å². The van der Waals surface area contributed by atoms with Crippen LogP contribution < -0.4 is 0 Å². The van der Waals surface area contributed by atoms with E-state index in [1.54, 1.807) is 24.3 Å². The average molecular weight is 339 g/mol. The molecule has 1 N–H and O–H groups in total. The van der Waals surface area contributed by atoms with Crippen LogP contribution in [0.1, 0.15) is 24.8 Å². The monoisotopic (exact) mass is 339 g/mol. The van der Waals surface area contributed by atoms with Gasteiger partial charge < -0.3 is 10.0 Å². The number of hydrogen-bond acceptors (Lipinski definition) is 3. The molecule has 128 valence electrons. The largest absolute Gasteiger partial charge is 0.430 e. The number of alkyl halides is 3. The van der Waals surface area contributed by atoms with E-state index in [0.717, 1.165) is 10.5 Å². The molecule has 1 atom stereocenters. The molecule has 1 amide bonds. The maximum Gasteiger partial charge on any atom is 0.430 e. The zero-order chi connectivity index (χ0) is 17.5. The quantitative estimate of drug-likeness (QED) is 0.920. The Labute approximate surface area is 136 Å². The number of halogens is 3. The number of rotatable bonds is 3. The number of nitrogens with zero attached hydrogens (tertiary/aromatic N) is 1. The number of benzene rings is 1. The van der Waals surface area contributed by atoms with E-state index in [2.05, 4.69) is 0 Å². The molecule has 0 bridgehead atoms. The predicted molar refractivity (Wildman–Crippen MR) is 78.7 cm³/mol. The molecule has 0 saturated carbocycles. The van der Waals surface area contributed by atoms with Crippen LogP contribution in [0.5, 0.6) is 0 Å². The number of Topliss-reactive ketones (excluding diaryl/α,β-unsaturated/α-hetero) is 1. The standard InChI is InChI=1S/C17H16F3NO3/c18-17(19,20)16(24)14-12(7-4-8-13(14)22)21(15(16)23)10-9-11-5-2-1-3-6-11/h1-3,5-6,24H,4,7-10H2. The maximum absolute atomic E-state index is 13.4. The Balaban J connectivity index is 1.96. The number of amides is 1. The van der Waals surface area contributed by atoms with Gasteiger partial charge in [-0.05, 0) is 24.8 Å². The zero-order valence-corrected chi connectivity index (χ0v) is 12.8. The first kappa shape index (κ1) is 16.7. The van der Waals surface area contributed by atoms with Gasteiger partial charge in [-0.25, -0.2) is 0 Å². The molecule has 3 rings (SSSR count). The summed E-state index contributed by atoms with van der Waals surface area (Å²) in [5.74, 6) is -2.27. The van der Waals surface area contributed by atoms with Gasteiger partial charge in [0.25, 0.3) is 11.5 Å². The molecule has 0 fully saturated rings. The molecule has 1 aromatic rings. The molecular formula is C17H16F3NO3. The highest BCUT2D eigenvalue weighted by molar-refractivity contribution is 6.11. The van der Waals surface area contributed by atoms with Crippen molar-refractivity contribution in [3.63, 3.8) is 0 Å². The molecular weight excluding hydrogens is 323 g/mol. The minimum atomic E-state index is -5.22. The van der Waals surface area contributed by atoms with E-state index in [4.69, 9.17) is 0 Å². The van der Waals surface area contributed by atoms with Crippen LogP contribution in [0.2, 0.25) is 0 Å². The highest BCUT2D eigenvalue weighted by Crippen LogP contribution is 2.47. The Morgan fingerprint density at radius 1 is 1.12 bits per heavy atom. The van der Waals surface area contributed by atoms with Crippen LogP contribution in [0, 0.1) is 0 Å². The zero-order valence-electron chi connectivity index (χ0n) is 12.8. The van der Waals surface area contributed by atoms with Crippen LogP contribution in [0.3, 0.4) is 0 Å². The van der Waals surface area contributed by atoms with Gasteiger partial charge in [0.15, 0.2) is 5.78 Å². The molecule has 0 aromatic heterocycles. The minimum Gasteiger partial charge on any atom is -0.368 e. The molecule has 7 heteroatoms. The molecule has 1 heterocycles. The summed E-state index contributed by atoms with van der Waals surface area (Å²) in [6.45, 7) is -0.00660. The number of hydrogen-bond donors (Lipinski definition) is 1. The highest BCUT2D eigenvalue weighted by atomic mass is 19.4. The summed E-state index contributed by atoms with van der Waals surface area (Å²) in [6, 6.07) is 9.01. The van der Waals surface area contributed by atoms with Gasteiger partial charge in [-0.3, -0.25) is 9.59 Å². The Morgan fingerprint density at radius 2 is 1.79 bits per heavy atom. The third kappa shape index (κ3) is 2.43. The summed E-state index contributed by atoms with van der Waals surface area (Å²) >= 11 is 0. The summed E-state index contributed by atoms with van der Waals surface area (Å²) in [5.41, 5.74) is -3.61. The molecule has 24 heavy (non-hydrogen) atoms. The number of allylic oxidation sites excluding steroid dienone is 1. The summed E-state index contributed by atoms with van der Waals surface area (Å²) in [7, 11) is 0. The SMILES string of the molecule is O=C1CCCC2=C1C(O)(C(F)(F)F)C(=O)N2CCc1ccccc1. The predicted octanol–water partition coefficient (Wildman–Crippen LogP) is 2.37. The molecule has 1 aliphatic heterocycles. The highest BCUT2D eigenvalue weighted by Gasteiger charge is 2.69. The second-order valence-electron chi connectivity index (χ2n) is 6.00. The van der Waals surface area contributed by atoms with Gasteiger partial charge in [0, 0.05) is 18.7 Å². The number of aliphatic hydroxyl groups is 1. The average Bonchev–Trinajstić information content (AvgIpc) is 2.76. The van der Waals surface area contributed by atoms with Crippen molar-refractivity contribution < 1.29 is 27.9 Å². The van der Waals surface area contributed by atoms with Gasteiger partial charge in [0.2, 0.25) is 0 Å². The van der Waals surface area contributed by atoms with Gasteiger partial charge in [-0.15, -0.1) is 0 Å². The fraction of sp³-hybridized carbons (Fsp3) is 0.412. The molecule has 0 spiro atoms. The van der Waals surface area contributed by atoms with E-state index in [9.17, 15) is 27.9 Å². The fourth-order valence-corrected chi connectivity index (χ4v) is 3.32. The third-order valence-electron chi connectivity index (χ3n) is 4.50. The summed E-state index contributed by atoms with van der Waals surface area (Å²) < 4.78 is 40.2. The lowest BCUT2D eigenvalue weighted by atomic mass is 9.85.